The second-order valence-corrected chi connectivity index (χ2v) is 0.544. The Bertz CT molecular complexity index is 51.7. The zero-order valence-electron chi connectivity index (χ0n) is 3.22. The minimum absolute atomic E-state index is 0.847. The summed E-state index contributed by atoms with van der Waals surface area (Å²) < 4.78 is 20.9. The standard InChI is InChI=1S/C2ClF2.ClH.Zn/c3-1-2(4)5;;/h;1H;/q-1;;+2/p-1. The van der Waals surface area contributed by atoms with Gasteiger partial charge in [0, 0.05) is 0 Å². The number of halogens is 4. The van der Waals surface area contributed by atoms with Crippen LogP contribution in [-0.2, 0) is 17.3 Å². The van der Waals surface area contributed by atoms with Crippen molar-refractivity contribution in [2.75, 3.05) is 0 Å². The van der Waals surface area contributed by atoms with Crippen molar-refractivity contribution in [3.63, 3.8) is 0 Å². The zero-order valence-corrected chi connectivity index (χ0v) is 7.70. The van der Waals surface area contributed by atoms with Crippen LogP contribution in [0.5, 0.6) is 0 Å². The molecule has 0 aliphatic rings. The Kier molecular flexibility index (Phi) is 15.2. The number of hydrogen-bond donors (Lipinski definition) is 0. The van der Waals surface area contributed by atoms with Gasteiger partial charge < -0.3 is 17.1 Å². The van der Waals surface area contributed by atoms with E-state index in [0.29, 0.717) is 0 Å². The van der Waals surface area contributed by atoms with Crippen LogP contribution in [0, 0.1) is 5.54 Å². The molecule has 0 amide bonds. The Balaban J connectivity index is 0. The predicted molar refractivity (Wildman–Crippen MR) is 20.7 cm³/mol. The van der Waals surface area contributed by atoms with Crippen LogP contribution in [0.3, 0.4) is 0 Å². The summed E-state index contributed by atoms with van der Waals surface area (Å²) in [5.74, 6) is 0. The van der Waals surface area contributed by atoms with E-state index in [1.165, 1.54) is 0 Å². The average Bonchev–Trinajstić information content (AvgIpc) is 1.73. The molecule has 0 heterocycles. The Morgan fingerprint density at radius 3 is 1.57 bits per heavy atom. The monoisotopic (exact) mass is 196 g/mol. The molecule has 38 valence electrons. The molecule has 0 unspecified atom stereocenters. The summed E-state index contributed by atoms with van der Waals surface area (Å²) in [6, 6.07) is 0. The molecule has 0 fully saturated rings. The van der Waals surface area contributed by atoms with E-state index in [0.717, 1.165) is 22.8 Å². The minimum atomic E-state index is -1.98. The summed E-state index contributed by atoms with van der Waals surface area (Å²) in [5, 5.41) is 0. The van der Waals surface area contributed by atoms with Crippen LogP contribution in [0.2, 0.25) is 0 Å². The molecule has 0 spiro atoms. The van der Waals surface area contributed by atoms with Gasteiger partial charge in [0.1, 0.15) is 6.08 Å². The fraction of sp³-hybridized carbons (Fsp3) is 0. The Morgan fingerprint density at radius 1 is 1.43 bits per heavy atom. The Labute approximate surface area is 59.2 Å². The second-order valence-electron chi connectivity index (χ2n) is 0.355. The second kappa shape index (κ2) is 9.93. The van der Waals surface area contributed by atoms with Gasteiger partial charge >= 0.3 is 27.0 Å². The quantitative estimate of drug-likeness (QED) is 0.414. The van der Waals surface area contributed by atoms with E-state index in [1.807, 2.05) is 0 Å². The zero-order chi connectivity index (χ0) is 6.28. The van der Waals surface area contributed by atoms with Crippen molar-refractivity contribution in [1.29, 1.82) is 0 Å². The number of hydrogen-bond acceptors (Lipinski definition) is 0. The average molecular weight is 198 g/mol. The molecule has 0 aliphatic carbocycles. The van der Waals surface area contributed by atoms with E-state index < -0.39 is 6.08 Å². The molecule has 0 aromatic rings. The summed E-state index contributed by atoms with van der Waals surface area (Å²) in [6.07, 6.45) is -1.98. The maximum absolute atomic E-state index is 10.4. The predicted octanol–water partition coefficient (Wildman–Crippen LogP) is 2.45. The SMILES string of the molecule is FC(F)=[C-]Cl.[Cl][Zn+]. The Hall–Kier alpha value is 0.803. The first-order valence-electron chi connectivity index (χ1n) is 1.08. The summed E-state index contributed by atoms with van der Waals surface area (Å²) >= 11 is 5.15. The van der Waals surface area contributed by atoms with Crippen LogP contribution >= 0.6 is 21.3 Å². The van der Waals surface area contributed by atoms with Gasteiger partial charge in [-0.3, -0.25) is 0 Å². The third-order valence-electron chi connectivity index (χ3n) is 0.0714. The van der Waals surface area contributed by atoms with E-state index >= 15 is 0 Å². The maximum atomic E-state index is 10.4. The molecule has 0 saturated carbocycles. The fourth-order valence-corrected chi connectivity index (χ4v) is 0. The van der Waals surface area contributed by atoms with Gasteiger partial charge in [0.25, 0.3) is 0 Å². The van der Waals surface area contributed by atoms with E-state index in [1.54, 1.807) is 0 Å². The summed E-state index contributed by atoms with van der Waals surface area (Å²) in [7, 11) is 4.76. The first kappa shape index (κ1) is 10.7. The molecule has 7 heavy (non-hydrogen) atoms. The van der Waals surface area contributed by atoms with Crippen LogP contribution in [0.1, 0.15) is 0 Å². The van der Waals surface area contributed by atoms with Gasteiger partial charge in [-0.25, -0.2) is 8.78 Å². The van der Waals surface area contributed by atoms with Gasteiger partial charge in [-0.1, -0.05) is 0 Å². The third kappa shape index (κ3) is 20.0. The van der Waals surface area contributed by atoms with Gasteiger partial charge in [0.15, 0.2) is 0 Å². The topological polar surface area (TPSA) is 0 Å². The van der Waals surface area contributed by atoms with Crippen LogP contribution in [-0.4, -0.2) is 0 Å². The van der Waals surface area contributed by atoms with Gasteiger partial charge in [0.05, 0.1) is 0 Å². The first-order chi connectivity index (χ1) is 3.27. The molecule has 0 rings (SSSR count). The molecule has 0 aliphatic heterocycles. The molecule has 0 nitrogen and oxygen atoms in total. The molecule has 0 aromatic carbocycles. The Morgan fingerprint density at radius 2 is 1.57 bits per heavy atom. The van der Waals surface area contributed by atoms with E-state index in [-0.39, 0.29) is 0 Å². The van der Waals surface area contributed by atoms with Crippen molar-refractivity contribution in [1.82, 2.24) is 0 Å². The van der Waals surface area contributed by atoms with Gasteiger partial charge in [-0.05, 0) is 0 Å². The first-order valence-corrected chi connectivity index (χ1v) is 5.36. The van der Waals surface area contributed by atoms with Crippen LogP contribution in [0.4, 0.5) is 8.78 Å². The summed E-state index contributed by atoms with van der Waals surface area (Å²) in [4.78, 5) is 0. The summed E-state index contributed by atoms with van der Waals surface area (Å²) in [5.41, 5.74) is 1.08. The van der Waals surface area contributed by atoms with Crippen molar-refractivity contribution >= 4 is 21.3 Å². The third-order valence-corrected chi connectivity index (χ3v) is 0.214. The van der Waals surface area contributed by atoms with E-state index in [9.17, 15) is 8.78 Å². The fourth-order valence-electron chi connectivity index (χ4n) is 0. The van der Waals surface area contributed by atoms with Crippen molar-refractivity contribution in [2.45, 2.75) is 0 Å². The molecule has 0 saturated heterocycles. The van der Waals surface area contributed by atoms with E-state index in [2.05, 4.69) is 11.6 Å². The van der Waals surface area contributed by atoms with Crippen LogP contribution < -0.4 is 0 Å². The van der Waals surface area contributed by atoms with Crippen LogP contribution in [0.25, 0.3) is 0 Å². The normalized spacial score (nSPS) is 6.00. The molecule has 0 N–H and O–H groups in total. The van der Waals surface area contributed by atoms with Crippen molar-refractivity contribution in [2.24, 2.45) is 0 Å². The van der Waals surface area contributed by atoms with E-state index in [4.69, 9.17) is 9.69 Å². The number of rotatable bonds is 0. The molecule has 0 bridgehead atoms. The molecular formula is C2Cl2F2Zn. The molecule has 0 aromatic heterocycles. The summed E-state index contributed by atoms with van der Waals surface area (Å²) in [6.45, 7) is 0. The molecule has 5 heteroatoms. The van der Waals surface area contributed by atoms with Crippen molar-refractivity contribution in [3.8, 4) is 0 Å². The van der Waals surface area contributed by atoms with Gasteiger partial charge in [-0.2, -0.15) is 0 Å². The molecule has 0 atom stereocenters. The molecular weight excluding hydrogens is 198 g/mol. The van der Waals surface area contributed by atoms with Gasteiger partial charge in [-0.15, -0.1) is 0 Å². The van der Waals surface area contributed by atoms with Crippen molar-refractivity contribution < 1.29 is 26.1 Å². The van der Waals surface area contributed by atoms with Gasteiger partial charge in [0.2, 0.25) is 0 Å². The van der Waals surface area contributed by atoms with Crippen molar-refractivity contribution in [3.05, 3.63) is 11.6 Å². The molecule has 0 radical (unpaired) electrons. The van der Waals surface area contributed by atoms with Crippen LogP contribution in [0.15, 0.2) is 6.08 Å².